The molecule has 1 N–H and O–H groups in total. The van der Waals surface area contributed by atoms with Gasteiger partial charge in [0.25, 0.3) is 0 Å². The predicted molar refractivity (Wildman–Crippen MR) is 131 cm³/mol. The minimum Gasteiger partial charge on any atom is -0.372 e. The van der Waals surface area contributed by atoms with Gasteiger partial charge in [-0.1, -0.05) is 46.6 Å². The lowest BCUT2D eigenvalue weighted by Crippen LogP contribution is -2.21. The lowest BCUT2D eigenvalue weighted by atomic mass is 10.2. The van der Waals surface area contributed by atoms with Crippen molar-refractivity contribution in [1.29, 1.82) is 0 Å². The van der Waals surface area contributed by atoms with E-state index in [1.165, 1.54) is 29.6 Å². The monoisotopic (exact) mass is 497 g/mol. The van der Waals surface area contributed by atoms with E-state index in [0.29, 0.717) is 25.9 Å². The minimum atomic E-state index is -0.238. The number of carbonyl (C=O) groups is 1. The Balaban J connectivity index is 1.65. The molecule has 0 saturated heterocycles. The molecule has 1 heterocycles. The smallest absolute Gasteiger partial charge is 0.234 e. The first-order chi connectivity index (χ1) is 14.8. The van der Waals surface area contributed by atoms with Crippen molar-refractivity contribution in [2.75, 3.05) is 29.1 Å². The van der Waals surface area contributed by atoms with Gasteiger partial charge >= 0.3 is 0 Å². The number of anilines is 2. The Hall–Kier alpha value is -1.93. The molecule has 0 fully saturated rings. The lowest BCUT2D eigenvalue weighted by molar-refractivity contribution is -0.113. The summed E-state index contributed by atoms with van der Waals surface area (Å²) < 4.78 is 1.87. The third-order valence-corrected chi connectivity index (χ3v) is 6.76. The lowest BCUT2D eigenvalue weighted by Gasteiger charge is -2.21. The molecule has 0 aliphatic heterocycles. The van der Waals surface area contributed by atoms with Crippen LogP contribution in [0.5, 0.6) is 0 Å². The number of carbonyl (C=O) groups excluding carboxylic acids is 1. The van der Waals surface area contributed by atoms with Crippen LogP contribution in [0.1, 0.15) is 13.8 Å². The van der Waals surface area contributed by atoms with Gasteiger partial charge in [-0.25, -0.2) is 0 Å². The van der Waals surface area contributed by atoms with Gasteiger partial charge in [0.05, 0.1) is 26.5 Å². The van der Waals surface area contributed by atoms with E-state index in [1.54, 1.807) is 0 Å². The Morgan fingerprint density at radius 1 is 1.03 bits per heavy atom. The van der Waals surface area contributed by atoms with Crippen LogP contribution in [0, 0.1) is 0 Å². The second kappa shape index (κ2) is 10.6. The van der Waals surface area contributed by atoms with Gasteiger partial charge in [0.1, 0.15) is 0 Å². The molecular formula is C21H22Cl3N5OS. The summed E-state index contributed by atoms with van der Waals surface area (Å²) in [6.45, 7) is 6.18. The number of amides is 1. The zero-order valence-electron chi connectivity index (χ0n) is 17.3. The molecular weight excluding hydrogens is 477 g/mol. The quantitative estimate of drug-likeness (QED) is 0.304. The van der Waals surface area contributed by atoms with Crippen molar-refractivity contribution in [3.05, 3.63) is 51.5 Å². The topological polar surface area (TPSA) is 63.1 Å². The molecule has 0 unspecified atom stereocenters. The Labute approximate surface area is 200 Å². The molecule has 0 saturated carbocycles. The zero-order valence-corrected chi connectivity index (χ0v) is 20.4. The minimum absolute atomic E-state index is 0.142. The molecule has 164 valence electrons. The van der Waals surface area contributed by atoms with Gasteiger partial charge in [-0.3, -0.25) is 4.79 Å². The average molecular weight is 499 g/mol. The maximum absolute atomic E-state index is 12.4. The average Bonchev–Trinajstić information content (AvgIpc) is 3.12. The number of nitrogens with zero attached hydrogens (tertiary/aromatic N) is 4. The fourth-order valence-corrected chi connectivity index (χ4v) is 4.34. The Bertz CT molecular complexity index is 1070. The second-order valence-corrected chi connectivity index (χ2v) is 8.83. The van der Waals surface area contributed by atoms with Crippen LogP contribution in [0.4, 0.5) is 11.4 Å². The summed E-state index contributed by atoms with van der Waals surface area (Å²) in [5, 5.41) is 12.9. The Morgan fingerprint density at radius 2 is 1.68 bits per heavy atom. The fourth-order valence-electron chi connectivity index (χ4n) is 3.04. The second-order valence-electron chi connectivity index (χ2n) is 6.67. The molecule has 0 bridgehead atoms. The summed E-state index contributed by atoms with van der Waals surface area (Å²) in [5.41, 5.74) is 2.54. The third kappa shape index (κ3) is 5.66. The maximum Gasteiger partial charge on any atom is 0.234 e. The van der Waals surface area contributed by atoms with Gasteiger partial charge < -0.3 is 14.8 Å². The molecule has 10 heteroatoms. The summed E-state index contributed by atoms with van der Waals surface area (Å²) >= 11 is 19.3. The highest BCUT2D eigenvalue weighted by Gasteiger charge is 2.15. The number of aromatic nitrogens is 3. The first-order valence-corrected chi connectivity index (χ1v) is 11.8. The molecule has 31 heavy (non-hydrogen) atoms. The number of halogens is 3. The molecule has 0 radical (unpaired) electrons. The van der Waals surface area contributed by atoms with E-state index < -0.39 is 0 Å². The normalized spacial score (nSPS) is 10.9. The van der Waals surface area contributed by atoms with E-state index in [0.717, 1.165) is 24.5 Å². The number of nitrogens with one attached hydrogen (secondary N) is 1. The molecule has 0 aliphatic carbocycles. The first kappa shape index (κ1) is 23.7. The van der Waals surface area contributed by atoms with Crippen molar-refractivity contribution >= 4 is 63.8 Å². The number of hydrogen-bond acceptors (Lipinski definition) is 5. The predicted octanol–water partition coefficient (Wildman–Crippen LogP) is 6.02. The van der Waals surface area contributed by atoms with Crippen molar-refractivity contribution in [3.8, 4) is 11.4 Å². The number of benzene rings is 2. The number of thioether (sulfide) groups is 1. The van der Waals surface area contributed by atoms with Crippen molar-refractivity contribution in [1.82, 2.24) is 14.8 Å². The highest BCUT2D eigenvalue weighted by atomic mass is 35.5. The first-order valence-electron chi connectivity index (χ1n) is 9.66. The molecule has 0 spiro atoms. The van der Waals surface area contributed by atoms with Crippen molar-refractivity contribution in [2.24, 2.45) is 7.05 Å². The summed E-state index contributed by atoms with van der Waals surface area (Å²) in [6, 6.07) is 11.2. The maximum atomic E-state index is 12.4. The van der Waals surface area contributed by atoms with Crippen molar-refractivity contribution in [2.45, 2.75) is 19.0 Å². The third-order valence-electron chi connectivity index (χ3n) is 4.71. The summed E-state index contributed by atoms with van der Waals surface area (Å²) in [4.78, 5) is 14.6. The number of rotatable bonds is 8. The molecule has 1 amide bonds. The highest BCUT2D eigenvalue weighted by molar-refractivity contribution is 7.99. The van der Waals surface area contributed by atoms with Crippen molar-refractivity contribution < 1.29 is 4.79 Å². The van der Waals surface area contributed by atoms with E-state index in [-0.39, 0.29) is 11.7 Å². The molecule has 3 aromatic rings. The van der Waals surface area contributed by atoms with Crippen LogP contribution in [-0.4, -0.2) is 39.5 Å². The SMILES string of the molecule is CCN(CC)c1ccc(-c2nnc(SCC(=O)Nc3cc(Cl)c(Cl)cc3Cl)n2C)cc1. The largest absolute Gasteiger partial charge is 0.372 e. The van der Waals surface area contributed by atoms with E-state index in [9.17, 15) is 4.79 Å². The molecule has 3 rings (SSSR count). The Kier molecular flexibility index (Phi) is 8.11. The summed E-state index contributed by atoms with van der Waals surface area (Å²) in [5.74, 6) is 0.642. The summed E-state index contributed by atoms with van der Waals surface area (Å²) in [6.07, 6.45) is 0. The van der Waals surface area contributed by atoms with Crippen LogP contribution >= 0.6 is 46.6 Å². The highest BCUT2D eigenvalue weighted by Crippen LogP contribution is 2.32. The van der Waals surface area contributed by atoms with Crippen LogP contribution in [-0.2, 0) is 11.8 Å². The van der Waals surface area contributed by atoms with Crippen LogP contribution in [0.25, 0.3) is 11.4 Å². The van der Waals surface area contributed by atoms with Gasteiger partial charge in [-0.05, 0) is 50.2 Å². The molecule has 0 aliphatic rings. The van der Waals surface area contributed by atoms with E-state index in [1.807, 2.05) is 23.7 Å². The van der Waals surface area contributed by atoms with E-state index in [4.69, 9.17) is 34.8 Å². The fraction of sp³-hybridized carbons (Fsp3) is 0.286. The molecule has 1 aromatic heterocycles. The van der Waals surface area contributed by atoms with Crippen LogP contribution in [0.2, 0.25) is 15.1 Å². The van der Waals surface area contributed by atoms with Crippen LogP contribution in [0.3, 0.4) is 0 Å². The van der Waals surface area contributed by atoms with Gasteiger partial charge in [0.2, 0.25) is 5.91 Å². The number of hydrogen-bond donors (Lipinski definition) is 1. The molecule has 2 aromatic carbocycles. The standard InChI is InChI=1S/C21H22Cl3N5OS/c1-4-29(5-2)14-8-6-13(7-9-14)20-26-27-21(28(20)3)31-12-19(30)25-18-11-16(23)15(22)10-17(18)24/h6-11H,4-5,12H2,1-3H3,(H,25,30). The summed E-state index contributed by atoms with van der Waals surface area (Å²) in [7, 11) is 1.88. The van der Waals surface area contributed by atoms with Crippen LogP contribution < -0.4 is 10.2 Å². The molecule has 6 nitrogen and oxygen atoms in total. The van der Waals surface area contributed by atoms with Gasteiger partial charge in [-0.2, -0.15) is 0 Å². The zero-order chi connectivity index (χ0) is 22.5. The van der Waals surface area contributed by atoms with E-state index in [2.05, 4.69) is 46.4 Å². The van der Waals surface area contributed by atoms with Gasteiger partial charge in [0, 0.05) is 31.4 Å². The molecule has 0 atom stereocenters. The van der Waals surface area contributed by atoms with E-state index >= 15 is 0 Å². The van der Waals surface area contributed by atoms with Crippen LogP contribution in [0.15, 0.2) is 41.6 Å². The van der Waals surface area contributed by atoms with Gasteiger partial charge in [-0.15, -0.1) is 10.2 Å². The van der Waals surface area contributed by atoms with Crippen molar-refractivity contribution in [3.63, 3.8) is 0 Å². The van der Waals surface area contributed by atoms with Gasteiger partial charge in [0.15, 0.2) is 11.0 Å². The Morgan fingerprint density at radius 3 is 2.32 bits per heavy atom.